The summed E-state index contributed by atoms with van der Waals surface area (Å²) in [5, 5.41) is 12.5. The molecule has 1 aliphatic heterocycles. The minimum Gasteiger partial charge on any atom is -0.508 e. The van der Waals surface area contributed by atoms with E-state index in [1.165, 1.54) is 12.1 Å². The third-order valence-electron chi connectivity index (χ3n) is 8.22. The van der Waals surface area contributed by atoms with Crippen molar-refractivity contribution in [2.24, 2.45) is 17.8 Å². The molecule has 3 atom stereocenters. The van der Waals surface area contributed by atoms with Gasteiger partial charge in [-0.3, -0.25) is 9.59 Å². The van der Waals surface area contributed by atoms with Crippen molar-refractivity contribution in [3.05, 3.63) is 65.5 Å². The van der Waals surface area contributed by atoms with E-state index in [1.807, 2.05) is 0 Å². The predicted molar refractivity (Wildman–Crippen MR) is 145 cm³/mol. The summed E-state index contributed by atoms with van der Waals surface area (Å²) >= 11 is 0. The van der Waals surface area contributed by atoms with Crippen LogP contribution < -0.4 is 5.32 Å². The summed E-state index contributed by atoms with van der Waals surface area (Å²) in [6.45, 7) is 1.67. The molecule has 1 saturated carbocycles. The van der Waals surface area contributed by atoms with Gasteiger partial charge in [0.25, 0.3) is 0 Å². The lowest BCUT2D eigenvalue weighted by molar-refractivity contribution is -0.145. The molecule has 218 valence electrons. The third-order valence-corrected chi connectivity index (χ3v) is 8.22. The van der Waals surface area contributed by atoms with Gasteiger partial charge >= 0.3 is 0 Å². The number of halogens is 3. The van der Waals surface area contributed by atoms with Gasteiger partial charge in [0.05, 0.1) is 0 Å². The van der Waals surface area contributed by atoms with E-state index in [4.69, 9.17) is 4.74 Å². The topological polar surface area (TPSA) is 78.9 Å². The number of phenols is 1. The standard InChI is InChI=1S/C31H39F3N2O4/c32-26-9-4-22(5-10-26)19-35-31(39)29(24-2-1-3-25(18-24)30(33)34)36(20-23-14-16-40-17-15-23)28(38)13-8-21-6-11-27(37)12-7-21/h4-7,9-12,23-25,29-30,37H,1-3,8,13-20H2,(H,35,39). The van der Waals surface area contributed by atoms with Crippen LogP contribution in [0.1, 0.15) is 56.1 Å². The van der Waals surface area contributed by atoms with Crippen molar-refractivity contribution in [3.8, 4) is 5.75 Å². The molecule has 2 aromatic carbocycles. The average molecular weight is 561 g/mol. The first kappa shape index (κ1) is 29.9. The molecule has 2 aliphatic rings. The Bertz CT molecular complexity index is 1090. The second kappa shape index (κ2) is 14.5. The zero-order valence-electron chi connectivity index (χ0n) is 22.7. The van der Waals surface area contributed by atoms with E-state index in [-0.39, 0.29) is 48.7 Å². The van der Waals surface area contributed by atoms with Crippen LogP contribution in [0.2, 0.25) is 0 Å². The molecule has 2 fully saturated rings. The minimum absolute atomic E-state index is 0.139. The molecule has 0 bridgehead atoms. The highest BCUT2D eigenvalue weighted by molar-refractivity contribution is 5.88. The number of ether oxygens (including phenoxy) is 1. The van der Waals surface area contributed by atoms with Gasteiger partial charge in [-0.2, -0.15) is 0 Å². The summed E-state index contributed by atoms with van der Waals surface area (Å²) in [5.74, 6) is -1.85. The number of hydrogen-bond donors (Lipinski definition) is 2. The molecule has 2 aromatic rings. The van der Waals surface area contributed by atoms with Crippen LogP contribution in [0.25, 0.3) is 0 Å². The van der Waals surface area contributed by atoms with E-state index in [2.05, 4.69) is 5.32 Å². The maximum absolute atomic E-state index is 13.8. The summed E-state index contributed by atoms with van der Waals surface area (Å²) < 4.78 is 46.5. The lowest BCUT2D eigenvalue weighted by Crippen LogP contribution is -2.55. The first-order valence-electron chi connectivity index (χ1n) is 14.3. The van der Waals surface area contributed by atoms with E-state index in [1.54, 1.807) is 41.3 Å². The molecule has 2 amide bonds. The first-order valence-corrected chi connectivity index (χ1v) is 14.3. The highest BCUT2D eigenvalue weighted by Crippen LogP contribution is 2.37. The zero-order chi connectivity index (χ0) is 28.5. The Labute approximate surface area is 233 Å². The Balaban J connectivity index is 1.58. The van der Waals surface area contributed by atoms with Crippen molar-refractivity contribution in [3.63, 3.8) is 0 Å². The van der Waals surface area contributed by atoms with Gasteiger partial charge < -0.3 is 20.1 Å². The second-order valence-electron chi connectivity index (χ2n) is 11.1. The number of hydrogen-bond acceptors (Lipinski definition) is 4. The zero-order valence-corrected chi connectivity index (χ0v) is 22.7. The van der Waals surface area contributed by atoms with Gasteiger partial charge in [-0.15, -0.1) is 0 Å². The largest absolute Gasteiger partial charge is 0.508 e. The average Bonchev–Trinajstić information content (AvgIpc) is 2.97. The molecule has 1 saturated heterocycles. The fourth-order valence-electron chi connectivity index (χ4n) is 5.92. The molecule has 0 spiro atoms. The van der Waals surface area contributed by atoms with Crippen LogP contribution in [0, 0.1) is 23.6 Å². The maximum Gasteiger partial charge on any atom is 0.243 e. The fourth-order valence-corrected chi connectivity index (χ4v) is 5.92. The molecule has 1 aliphatic carbocycles. The van der Waals surface area contributed by atoms with Gasteiger partial charge in [-0.05, 0) is 85.8 Å². The molecular weight excluding hydrogens is 521 g/mol. The van der Waals surface area contributed by atoms with Gasteiger partial charge in [0.1, 0.15) is 17.6 Å². The number of nitrogens with zero attached hydrogens (tertiary/aromatic N) is 1. The first-order chi connectivity index (χ1) is 19.3. The quantitative estimate of drug-likeness (QED) is 0.382. The van der Waals surface area contributed by atoms with Gasteiger partial charge in [0.15, 0.2) is 0 Å². The predicted octanol–water partition coefficient (Wildman–Crippen LogP) is 5.48. The number of phenolic OH excluding ortho intramolecular Hbond substituents is 1. The Morgan fingerprint density at radius 2 is 1.60 bits per heavy atom. The molecule has 0 aromatic heterocycles. The molecule has 1 heterocycles. The second-order valence-corrected chi connectivity index (χ2v) is 11.1. The van der Waals surface area contributed by atoms with Crippen LogP contribution in [0.4, 0.5) is 13.2 Å². The summed E-state index contributed by atoms with van der Waals surface area (Å²) in [6.07, 6.45) is 1.39. The summed E-state index contributed by atoms with van der Waals surface area (Å²) in [5.41, 5.74) is 1.59. The van der Waals surface area contributed by atoms with E-state index in [0.717, 1.165) is 18.4 Å². The number of nitrogens with one attached hydrogen (secondary N) is 1. The van der Waals surface area contributed by atoms with Crippen molar-refractivity contribution in [2.75, 3.05) is 19.8 Å². The van der Waals surface area contributed by atoms with Crippen LogP contribution >= 0.6 is 0 Å². The van der Waals surface area contributed by atoms with Crippen LogP contribution in [0.5, 0.6) is 5.75 Å². The van der Waals surface area contributed by atoms with Crippen molar-refractivity contribution in [2.45, 2.75) is 70.4 Å². The van der Waals surface area contributed by atoms with Gasteiger partial charge in [-0.1, -0.05) is 30.7 Å². The highest BCUT2D eigenvalue weighted by atomic mass is 19.3. The third kappa shape index (κ3) is 8.46. The van der Waals surface area contributed by atoms with E-state index >= 15 is 0 Å². The number of amides is 2. The van der Waals surface area contributed by atoms with Crippen molar-refractivity contribution < 1.29 is 32.6 Å². The summed E-state index contributed by atoms with van der Waals surface area (Å²) in [7, 11) is 0. The monoisotopic (exact) mass is 560 g/mol. The Hall–Kier alpha value is -3.07. The van der Waals surface area contributed by atoms with E-state index in [0.29, 0.717) is 51.0 Å². The van der Waals surface area contributed by atoms with Crippen molar-refractivity contribution in [1.82, 2.24) is 10.2 Å². The number of carbonyl (C=O) groups is 2. The summed E-state index contributed by atoms with van der Waals surface area (Å²) in [4.78, 5) is 29.3. The summed E-state index contributed by atoms with van der Waals surface area (Å²) in [6, 6.07) is 11.6. The van der Waals surface area contributed by atoms with Crippen LogP contribution in [-0.2, 0) is 27.3 Å². The Kier molecular flexibility index (Phi) is 10.9. The Morgan fingerprint density at radius 1 is 0.950 bits per heavy atom. The lowest BCUT2D eigenvalue weighted by Gasteiger charge is -2.41. The van der Waals surface area contributed by atoms with Crippen molar-refractivity contribution in [1.29, 1.82) is 0 Å². The number of aryl methyl sites for hydroxylation is 1. The molecular formula is C31H39F3N2O4. The number of alkyl halides is 2. The van der Waals surface area contributed by atoms with Gasteiger partial charge in [-0.25, -0.2) is 13.2 Å². The molecule has 3 unspecified atom stereocenters. The van der Waals surface area contributed by atoms with E-state index < -0.39 is 24.3 Å². The molecule has 0 radical (unpaired) electrons. The highest BCUT2D eigenvalue weighted by Gasteiger charge is 2.41. The number of aromatic hydroxyl groups is 1. The number of benzene rings is 2. The SMILES string of the molecule is O=C(NCc1ccc(F)cc1)C(C1CCCC(C(F)F)C1)N(CC1CCOCC1)C(=O)CCc1ccc(O)cc1. The minimum atomic E-state index is -2.47. The smallest absolute Gasteiger partial charge is 0.243 e. The van der Waals surface area contributed by atoms with Gasteiger partial charge in [0, 0.05) is 38.6 Å². The van der Waals surface area contributed by atoms with Crippen LogP contribution in [0.3, 0.4) is 0 Å². The Morgan fingerprint density at radius 3 is 2.27 bits per heavy atom. The fraction of sp³-hybridized carbons (Fsp3) is 0.548. The van der Waals surface area contributed by atoms with Crippen molar-refractivity contribution >= 4 is 11.8 Å². The maximum atomic E-state index is 13.8. The van der Waals surface area contributed by atoms with Crippen LogP contribution in [0.15, 0.2) is 48.5 Å². The number of rotatable bonds is 11. The molecule has 4 rings (SSSR count). The molecule has 6 nitrogen and oxygen atoms in total. The van der Waals surface area contributed by atoms with Crippen LogP contribution in [-0.4, -0.2) is 54.0 Å². The molecule has 2 N–H and O–H groups in total. The lowest BCUT2D eigenvalue weighted by atomic mass is 9.76. The normalized spacial score (nSPS) is 20.7. The number of carbonyl (C=O) groups excluding carboxylic acids is 2. The van der Waals surface area contributed by atoms with E-state index in [9.17, 15) is 27.9 Å². The van der Waals surface area contributed by atoms with Gasteiger partial charge in [0.2, 0.25) is 18.2 Å². The molecule has 40 heavy (non-hydrogen) atoms. The molecule has 9 heteroatoms.